The number of ether oxygens (including phenoxy) is 1. The summed E-state index contributed by atoms with van der Waals surface area (Å²) in [5, 5.41) is 6.04. The van der Waals surface area contributed by atoms with Crippen molar-refractivity contribution in [3.63, 3.8) is 0 Å². The van der Waals surface area contributed by atoms with Gasteiger partial charge in [0.15, 0.2) is 0 Å². The number of anilines is 1. The predicted molar refractivity (Wildman–Crippen MR) is 87.0 cm³/mol. The lowest BCUT2D eigenvalue weighted by Gasteiger charge is -2.29. The van der Waals surface area contributed by atoms with Crippen LogP contribution >= 0.6 is 0 Å². The molecule has 0 bridgehead atoms. The minimum absolute atomic E-state index is 0.0467. The highest BCUT2D eigenvalue weighted by molar-refractivity contribution is 5.86. The van der Waals surface area contributed by atoms with Crippen molar-refractivity contribution in [1.29, 1.82) is 0 Å². The molecule has 2 heteroatoms. The molecule has 3 aromatic carbocycles. The van der Waals surface area contributed by atoms with Crippen LogP contribution in [0.4, 0.5) is 5.69 Å². The quantitative estimate of drug-likeness (QED) is 0.695. The molecule has 0 aliphatic carbocycles. The molecule has 1 aliphatic rings. The van der Waals surface area contributed by atoms with E-state index in [0.717, 1.165) is 18.0 Å². The van der Waals surface area contributed by atoms with Gasteiger partial charge in [0.25, 0.3) is 0 Å². The lowest BCUT2D eigenvalue weighted by molar-refractivity contribution is 0.212. The minimum atomic E-state index is 0.0467. The molecule has 0 aromatic heterocycles. The van der Waals surface area contributed by atoms with Gasteiger partial charge in [-0.2, -0.15) is 0 Å². The van der Waals surface area contributed by atoms with Crippen LogP contribution in [0.3, 0.4) is 0 Å². The van der Waals surface area contributed by atoms with Crippen molar-refractivity contribution in [2.24, 2.45) is 0 Å². The molecule has 3 aromatic rings. The first kappa shape index (κ1) is 12.3. The monoisotopic (exact) mass is 275 g/mol. The lowest BCUT2D eigenvalue weighted by Crippen LogP contribution is -2.24. The second-order valence-electron chi connectivity index (χ2n) is 5.50. The van der Waals surface area contributed by atoms with Gasteiger partial charge in [-0.25, -0.2) is 0 Å². The average Bonchev–Trinajstić information content (AvgIpc) is 2.54. The van der Waals surface area contributed by atoms with Gasteiger partial charge in [0, 0.05) is 5.56 Å². The molecule has 4 rings (SSSR count). The number of fused-ring (bicyclic) bond motifs is 2. The molecule has 104 valence electrons. The van der Waals surface area contributed by atoms with Crippen LogP contribution in [0, 0.1) is 6.92 Å². The molecular weight excluding hydrogens is 258 g/mol. The van der Waals surface area contributed by atoms with Gasteiger partial charge in [0.1, 0.15) is 11.9 Å². The summed E-state index contributed by atoms with van der Waals surface area (Å²) >= 11 is 0. The first-order valence-electron chi connectivity index (χ1n) is 7.31. The third-order valence-corrected chi connectivity index (χ3v) is 4.14. The van der Waals surface area contributed by atoms with E-state index >= 15 is 0 Å². The maximum Gasteiger partial charge on any atom is 0.143 e. The molecule has 1 N–H and O–H groups in total. The molecule has 0 saturated carbocycles. The summed E-state index contributed by atoms with van der Waals surface area (Å²) < 4.78 is 6.24. The molecule has 21 heavy (non-hydrogen) atoms. The molecule has 1 atom stereocenters. The molecule has 1 unspecified atom stereocenters. The normalized spacial score (nSPS) is 16.9. The zero-order valence-electron chi connectivity index (χ0n) is 12.0. The second kappa shape index (κ2) is 4.81. The molecule has 2 nitrogen and oxygen atoms in total. The van der Waals surface area contributed by atoms with Crippen molar-refractivity contribution >= 4 is 16.5 Å². The van der Waals surface area contributed by atoms with Crippen LogP contribution < -0.4 is 10.1 Å². The van der Waals surface area contributed by atoms with Crippen LogP contribution in [-0.4, -0.2) is 6.54 Å². The Kier molecular flexibility index (Phi) is 2.81. The Hall–Kier alpha value is -2.48. The number of hydrogen-bond donors (Lipinski definition) is 1. The maximum absolute atomic E-state index is 6.24. The van der Waals surface area contributed by atoms with E-state index in [9.17, 15) is 0 Å². The summed E-state index contributed by atoms with van der Waals surface area (Å²) in [5.74, 6) is 0.944. The Morgan fingerprint density at radius 1 is 0.952 bits per heavy atom. The van der Waals surface area contributed by atoms with Crippen LogP contribution in [0.5, 0.6) is 5.75 Å². The fraction of sp³-hybridized carbons (Fsp3) is 0.158. The van der Waals surface area contributed by atoms with E-state index in [2.05, 4.69) is 60.8 Å². The smallest absolute Gasteiger partial charge is 0.143 e. The molecule has 1 aliphatic heterocycles. The largest absolute Gasteiger partial charge is 0.482 e. The minimum Gasteiger partial charge on any atom is -0.482 e. The van der Waals surface area contributed by atoms with Crippen molar-refractivity contribution in [2.45, 2.75) is 13.0 Å². The molecule has 0 radical (unpaired) electrons. The third kappa shape index (κ3) is 2.04. The van der Waals surface area contributed by atoms with Gasteiger partial charge in [-0.05, 0) is 29.3 Å². The average molecular weight is 275 g/mol. The van der Waals surface area contributed by atoms with Gasteiger partial charge in [-0.3, -0.25) is 0 Å². The van der Waals surface area contributed by atoms with Crippen molar-refractivity contribution in [2.75, 3.05) is 11.9 Å². The Balaban J connectivity index is 1.78. The number of nitrogens with one attached hydrogen (secondary N) is 1. The number of para-hydroxylation sites is 1. The fourth-order valence-corrected chi connectivity index (χ4v) is 3.06. The number of hydrogen-bond acceptors (Lipinski definition) is 2. The van der Waals surface area contributed by atoms with E-state index in [4.69, 9.17) is 4.74 Å². The number of rotatable bonds is 1. The highest BCUT2D eigenvalue weighted by atomic mass is 16.5. The topological polar surface area (TPSA) is 21.3 Å². The molecular formula is C19H17NO. The van der Waals surface area contributed by atoms with Crippen LogP contribution in [0.15, 0.2) is 60.7 Å². The highest BCUT2D eigenvalue weighted by Crippen LogP contribution is 2.37. The van der Waals surface area contributed by atoms with Gasteiger partial charge in [-0.1, -0.05) is 54.6 Å². The van der Waals surface area contributed by atoms with Gasteiger partial charge >= 0.3 is 0 Å². The van der Waals surface area contributed by atoms with E-state index < -0.39 is 0 Å². The van der Waals surface area contributed by atoms with Crippen molar-refractivity contribution in [1.82, 2.24) is 0 Å². The van der Waals surface area contributed by atoms with Crippen LogP contribution in [-0.2, 0) is 0 Å². The zero-order chi connectivity index (χ0) is 14.2. The fourth-order valence-electron chi connectivity index (χ4n) is 3.06. The standard InChI is InChI=1S/C19H17NO/c1-13-6-4-11-17-19(13)20-12-18(21-17)16-10-5-8-14-7-2-3-9-15(14)16/h2-11,18,20H,12H2,1H3. The van der Waals surface area contributed by atoms with Crippen LogP contribution in [0.1, 0.15) is 17.2 Å². The molecule has 0 saturated heterocycles. The van der Waals surface area contributed by atoms with E-state index in [1.165, 1.54) is 21.9 Å². The Morgan fingerprint density at radius 2 is 1.76 bits per heavy atom. The van der Waals surface area contributed by atoms with Gasteiger partial charge in [-0.15, -0.1) is 0 Å². The Morgan fingerprint density at radius 3 is 2.71 bits per heavy atom. The van der Waals surface area contributed by atoms with E-state index in [1.54, 1.807) is 0 Å². The maximum atomic E-state index is 6.24. The van der Waals surface area contributed by atoms with Gasteiger partial charge in [0.05, 0.1) is 12.2 Å². The molecule has 0 spiro atoms. The van der Waals surface area contributed by atoms with Crippen LogP contribution in [0.2, 0.25) is 0 Å². The molecule has 0 amide bonds. The lowest BCUT2D eigenvalue weighted by atomic mass is 9.99. The summed E-state index contributed by atoms with van der Waals surface area (Å²) in [6, 6.07) is 21.1. The summed E-state index contributed by atoms with van der Waals surface area (Å²) in [6.45, 7) is 2.90. The van der Waals surface area contributed by atoms with Crippen molar-refractivity contribution < 1.29 is 4.74 Å². The Bertz CT molecular complexity index is 804. The SMILES string of the molecule is Cc1cccc2c1NCC(c1cccc3ccccc13)O2. The predicted octanol–water partition coefficient (Wildman–Crippen LogP) is 4.69. The molecule has 1 heterocycles. The van der Waals surface area contributed by atoms with E-state index in [-0.39, 0.29) is 6.10 Å². The summed E-state index contributed by atoms with van der Waals surface area (Å²) in [4.78, 5) is 0. The first-order chi connectivity index (χ1) is 10.3. The third-order valence-electron chi connectivity index (χ3n) is 4.14. The second-order valence-corrected chi connectivity index (χ2v) is 5.50. The van der Waals surface area contributed by atoms with Gasteiger partial charge in [0.2, 0.25) is 0 Å². The van der Waals surface area contributed by atoms with E-state index in [0.29, 0.717) is 0 Å². The Labute approximate surface area is 124 Å². The number of benzene rings is 3. The van der Waals surface area contributed by atoms with Crippen molar-refractivity contribution in [3.8, 4) is 5.75 Å². The van der Waals surface area contributed by atoms with Crippen molar-refractivity contribution in [3.05, 3.63) is 71.8 Å². The zero-order valence-corrected chi connectivity index (χ0v) is 12.0. The summed E-state index contributed by atoms with van der Waals surface area (Å²) in [7, 11) is 0. The number of aryl methyl sites for hydroxylation is 1. The highest BCUT2D eigenvalue weighted by Gasteiger charge is 2.23. The van der Waals surface area contributed by atoms with Gasteiger partial charge < -0.3 is 10.1 Å². The molecule has 0 fully saturated rings. The summed E-state index contributed by atoms with van der Waals surface area (Å²) in [6.07, 6.45) is 0.0467. The summed E-state index contributed by atoms with van der Waals surface area (Å²) in [5.41, 5.74) is 3.59. The van der Waals surface area contributed by atoms with E-state index in [1.807, 2.05) is 12.1 Å². The van der Waals surface area contributed by atoms with Crippen LogP contribution in [0.25, 0.3) is 10.8 Å². The first-order valence-corrected chi connectivity index (χ1v) is 7.31.